The van der Waals surface area contributed by atoms with E-state index in [0.29, 0.717) is 0 Å². The maximum Gasteiger partial charge on any atom is 0.140 e. The molecule has 2 aromatic carbocycles. The highest BCUT2D eigenvalue weighted by molar-refractivity contribution is 14.1. The van der Waals surface area contributed by atoms with Gasteiger partial charge in [-0.3, -0.25) is 0 Å². The molecule has 0 aliphatic carbocycles. The zero-order chi connectivity index (χ0) is 11.8. The summed E-state index contributed by atoms with van der Waals surface area (Å²) in [7, 11) is 0. The Bertz CT molecular complexity index is 655. The van der Waals surface area contributed by atoms with E-state index >= 15 is 0 Å². The van der Waals surface area contributed by atoms with Gasteiger partial charge in [0.05, 0.1) is 11.0 Å². The number of H-pyrrole nitrogens is 1. The number of nitrogens with two attached hydrogens (primary N) is 1. The molecule has 4 heteroatoms. The van der Waals surface area contributed by atoms with Crippen LogP contribution >= 0.6 is 22.6 Å². The molecular formula is C13H10IN3. The molecule has 3 nitrogen and oxygen atoms in total. The van der Waals surface area contributed by atoms with Gasteiger partial charge in [0.1, 0.15) is 5.82 Å². The van der Waals surface area contributed by atoms with Crippen molar-refractivity contribution >= 4 is 39.3 Å². The highest BCUT2D eigenvalue weighted by atomic mass is 127. The SMILES string of the molecule is Nc1ccc(I)cc1-c1nc2ccccc2[nH]1. The topological polar surface area (TPSA) is 54.7 Å². The van der Waals surface area contributed by atoms with Crippen molar-refractivity contribution in [3.8, 4) is 11.4 Å². The van der Waals surface area contributed by atoms with Crippen LogP contribution in [0, 0.1) is 3.57 Å². The van der Waals surface area contributed by atoms with E-state index in [9.17, 15) is 0 Å². The van der Waals surface area contributed by atoms with Gasteiger partial charge in [0, 0.05) is 14.8 Å². The number of para-hydroxylation sites is 2. The van der Waals surface area contributed by atoms with Crippen LogP contribution in [0.3, 0.4) is 0 Å². The number of imidazole rings is 1. The molecule has 0 fully saturated rings. The predicted octanol–water partition coefficient (Wildman–Crippen LogP) is 3.42. The molecule has 17 heavy (non-hydrogen) atoms. The molecule has 0 saturated carbocycles. The average Bonchev–Trinajstić information content (AvgIpc) is 2.75. The van der Waals surface area contributed by atoms with Crippen LogP contribution < -0.4 is 5.73 Å². The second-order valence-corrected chi connectivity index (χ2v) is 5.08. The van der Waals surface area contributed by atoms with E-state index in [1.54, 1.807) is 0 Å². The average molecular weight is 335 g/mol. The number of nitrogens with one attached hydrogen (secondary N) is 1. The minimum atomic E-state index is 0.740. The third-order valence-corrected chi connectivity index (χ3v) is 3.33. The fourth-order valence-electron chi connectivity index (χ4n) is 1.81. The van der Waals surface area contributed by atoms with Crippen LogP contribution in [-0.4, -0.2) is 9.97 Å². The molecule has 84 valence electrons. The predicted molar refractivity (Wildman–Crippen MR) is 78.7 cm³/mol. The van der Waals surface area contributed by atoms with Crippen molar-refractivity contribution in [3.05, 3.63) is 46.0 Å². The summed E-state index contributed by atoms with van der Waals surface area (Å²) >= 11 is 2.27. The summed E-state index contributed by atoms with van der Waals surface area (Å²) in [6.07, 6.45) is 0. The molecule has 3 N–H and O–H groups in total. The first kappa shape index (κ1) is 10.6. The van der Waals surface area contributed by atoms with E-state index in [1.807, 2.05) is 42.5 Å². The highest BCUT2D eigenvalue weighted by Gasteiger charge is 2.08. The number of fused-ring (bicyclic) bond motifs is 1. The molecule has 0 saturated heterocycles. The van der Waals surface area contributed by atoms with Gasteiger partial charge in [0.25, 0.3) is 0 Å². The Kier molecular flexibility index (Phi) is 2.51. The molecule has 0 spiro atoms. The van der Waals surface area contributed by atoms with Gasteiger partial charge in [-0.25, -0.2) is 4.98 Å². The maximum atomic E-state index is 5.98. The Labute approximate surface area is 112 Å². The maximum absolute atomic E-state index is 5.98. The van der Waals surface area contributed by atoms with E-state index in [0.717, 1.165) is 31.7 Å². The molecule has 3 rings (SSSR count). The number of aromatic amines is 1. The summed E-state index contributed by atoms with van der Waals surface area (Å²) in [5, 5.41) is 0. The van der Waals surface area contributed by atoms with Gasteiger partial charge in [0.2, 0.25) is 0 Å². The largest absolute Gasteiger partial charge is 0.398 e. The molecule has 0 aliphatic rings. The van der Waals surface area contributed by atoms with Crippen molar-refractivity contribution < 1.29 is 0 Å². The molecule has 3 aromatic rings. The Hall–Kier alpha value is -1.56. The quantitative estimate of drug-likeness (QED) is 0.529. The lowest BCUT2D eigenvalue weighted by atomic mass is 10.2. The second kappa shape index (κ2) is 4.03. The lowest BCUT2D eigenvalue weighted by Gasteiger charge is -2.02. The van der Waals surface area contributed by atoms with Crippen LogP contribution in [0.2, 0.25) is 0 Å². The van der Waals surface area contributed by atoms with E-state index in [-0.39, 0.29) is 0 Å². The summed E-state index contributed by atoms with van der Waals surface area (Å²) in [5.41, 5.74) is 9.66. The number of anilines is 1. The summed E-state index contributed by atoms with van der Waals surface area (Å²) in [5.74, 6) is 0.821. The van der Waals surface area contributed by atoms with Gasteiger partial charge in [-0.05, 0) is 52.9 Å². The smallest absolute Gasteiger partial charge is 0.140 e. The van der Waals surface area contributed by atoms with Crippen LogP contribution in [0.5, 0.6) is 0 Å². The lowest BCUT2D eigenvalue weighted by molar-refractivity contribution is 1.33. The van der Waals surface area contributed by atoms with Gasteiger partial charge in [-0.2, -0.15) is 0 Å². The highest BCUT2D eigenvalue weighted by Crippen LogP contribution is 2.27. The molecule has 0 unspecified atom stereocenters. The van der Waals surface area contributed by atoms with Crippen LogP contribution in [-0.2, 0) is 0 Å². The van der Waals surface area contributed by atoms with Crippen LogP contribution in [0.25, 0.3) is 22.4 Å². The van der Waals surface area contributed by atoms with Crippen molar-refractivity contribution in [2.24, 2.45) is 0 Å². The minimum Gasteiger partial charge on any atom is -0.398 e. The summed E-state index contributed by atoms with van der Waals surface area (Å²) in [6.45, 7) is 0. The minimum absolute atomic E-state index is 0.740. The molecule has 0 aliphatic heterocycles. The second-order valence-electron chi connectivity index (χ2n) is 3.83. The van der Waals surface area contributed by atoms with E-state index in [1.165, 1.54) is 0 Å². The number of hydrogen-bond donors (Lipinski definition) is 2. The first-order valence-corrected chi connectivity index (χ1v) is 6.32. The molecule has 0 atom stereocenters. The van der Waals surface area contributed by atoms with Gasteiger partial charge >= 0.3 is 0 Å². The molecule has 1 heterocycles. The third kappa shape index (κ3) is 1.88. The normalized spacial score (nSPS) is 10.9. The number of hydrogen-bond acceptors (Lipinski definition) is 2. The molecular weight excluding hydrogens is 325 g/mol. The van der Waals surface area contributed by atoms with Crippen molar-refractivity contribution in [2.45, 2.75) is 0 Å². The van der Waals surface area contributed by atoms with E-state index in [4.69, 9.17) is 5.73 Å². The van der Waals surface area contributed by atoms with Crippen LogP contribution in [0.4, 0.5) is 5.69 Å². The Morgan fingerprint density at radius 3 is 2.76 bits per heavy atom. The number of benzene rings is 2. The lowest BCUT2D eigenvalue weighted by Crippen LogP contribution is -1.91. The Balaban J connectivity index is 2.23. The first-order valence-electron chi connectivity index (χ1n) is 5.24. The van der Waals surface area contributed by atoms with Gasteiger partial charge < -0.3 is 10.7 Å². The Morgan fingerprint density at radius 1 is 1.12 bits per heavy atom. The number of nitrogen functional groups attached to an aromatic ring is 1. The number of halogens is 1. The first-order chi connectivity index (χ1) is 8.24. The zero-order valence-electron chi connectivity index (χ0n) is 8.94. The summed E-state index contributed by atoms with van der Waals surface area (Å²) in [4.78, 5) is 7.83. The number of nitrogens with zero attached hydrogens (tertiary/aromatic N) is 1. The van der Waals surface area contributed by atoms with Crippen molar-refractivity contribution in [1.29, 1.82) is 0 Å². The van der Waals surface area contributed by atoms with E-state index in [2.05, 4.69) is 32.6 Å². The molecule has 0 bridgehead atoms. The fraction of sp³-hybridized carbons (Fsp3) is 0. The molecule has 1 aromatic heterocycles. The summed E-state index contributed by atoms with van der Waals surface area (Å²) in [6, 6.07) is 13.9. The number of aromatic nitrogens is 2. The molecule has 0 radical (unpaired) electrons. The van der Waals surface area contributed by atoms with E-state index < -0.39 is 0 Å². The monoisotopic (exact) mass is 335 g/mol. The van der Waals surface area contributed by atoms with Crippen molar-refractivity contribution in [3.63, 3.8) is 0 Å². The van der Waals surface area contributed by atoms with Crippen molar-refractivity contribution in [2.75, 3.05) is 5.73 Å². The van der Waals surface area contributed by atoms with Gasteiger partial charge in [0.15, 0.2) is 0 Å². The fourth-order valence-corrected chi connectivity index (χ4v) is 2.31. The van der Waals surface area contributed by atoms with Gasteiger partial charge in [-0.1, -0.05) is 12.1 Å². The zero-order valence-corrected chi connectivity index (χ0v) is 11.1. The van der Waals surface area contributed by atoms with Crippen LogP contribution in [0.1, 0.15) is 0 Å². The third-order valence-electron chi connectivity index (χ3n) is 2.66. The molecule has 0 amide bonds. The number of rotatable bonds is 1. The van der Waals surface area contributed by atoms with Gasteiger partial charge in [-0.15, -0.1) is 0 Å². The van der Waals surface area contributed by atoms with Crippen molar-refractivity contribution in [1.82, 2.24) is 9.97 Å². The standard InChI is InChI=1S/C13H10IN3/c14-8-5-6-10(15)9(7-8)13-16-11-3-1-2-4-12(11)17-13/h1-7H,15H2,(H,16,17). The summed E-state index contributed by atoms with van der Waals surface area (Å²) < 4.78 is 1.15. The van der Waals surface area contributed by atoms with Crippen LogP contribution in [0.15, 0.2) is 42.5 Å². The Morgan fingerprint density at radius 2 is 1.94 bits per heavy atom.